The highest BCUT2D eigenvalue weighted by Crippen LogP contribution is 2.29. The Hall–Kier alpha value is -0.910. The molecule has 5 heteroatoms. The second-order valence-corrected chi connectivity index (χ2v) is 5.11. The normalized spacial score (nSPS) is 20.5. The third-order valence-corrected chi connectivity index (χ3v) is 3.76. The standard InChI is InChI=1S/C12H22N4O/c1-12(2,16-6-8-17-9-7-16)11(13)10-4-5-14-15(10)3/h4-5,11H,6-9,13H2,1-3H3. The molecule has 1 fully saturated rings. The van der Waals surface area contributed by atoms with Crippen molar-refractivity contribution in [3.8, 4) is 0 Å². The Labute approximate surface area is 103 Å². The Morgan fingerprint density at radius 1 is 1.41 bits per heavy atom. The maximum absolute atomic E-state index is 6.41. The Bertz CT molecular complexity index is 368. The van der Waals surface area contributed by atoms with Gasteiger partial charge in [-0.15, -0.1) is 0 Å². The van der Waals surface area contributed by atoms with Gasteiger partial charge in [0.1, 0.15) is 0 Å². The van der Waals surface area contributed by atoms with Gasteiger partial charge in [-0.05, 0) is 19.9 Å². The summed E-state index contributed by atoms with van der Waals surface area (Å²) < 4.78 is 7.24. The smallest absolute Gasteiger partial charge is 0.0648 e. The largest absolute Gasteiger partial charge is 0.379 e. The van der Waals surface area contributed by atoms with E-state index in [0.717, 1.165) is 32.0 Å². The van der Waals surface area contributed by atoms with Crippen LogP contribution in [0.5, 0.6) is 0 Å². The molecule has 0 saturated carbocycles. The third kappa shape index (κ3) is 2.36. The molecule has 1 aliphatic rings. The average molecular weight is 238 g/mol. The predicted molar refractivity (Wildman–Crippen MR) is 66.6 cm³/mol. The number of hydrogen-bond donors (Lipinski definition) is 1. The molecule has 1 saturated heterocycles. The van der Waals surface area contributed by atoms with Crippen LogP contribution in [0.15, 0.2) is 12.3 Å². The van der Waals surface area contributed by atoms with E-state index in [4.69, 9.17) is 10.5 Å². The van der Waals surface area contributed by atoms with Crippen molar-refractivity contribution in [3.05, 3.63) is 18.0 Å². The lowest BCUT2D eigenvalue weighted by Crippen LogP contribution is -2.55. The van der Waals surface area contributed by atoms with Crippen molar-refractivity contribution in [3.63, 3.8) is 0 Å². The minimum Gasteiger partial charge on any atom is -0.379 e. The number of aromatic nitrogens is 2. The van der Waals surface area contributed by atoms with Crippen LogP contribution in [0.25, 0.3) is 0 Å². The van der Waals surface area contributed by atoms with E-state index >= 15 is 0 Å². The summed E-state index contributed by atoms with van der Waals surface area (Å²) in [4.78, 5) is 2.40. The molecule has 2 N–H and O–H groups in total. The number of aryl methyl sites for hydroxylation is 1. The van der Waals surface area contributed by atoms with Crippen LogP contribution in [0.4, 0.5) is 0 Å². The third-order valence-electron chi connectivity index (χ3n) is 3.76. The summed E-state index contributed by atoms with van der Waals surface area (Å²) in [7, 11) is 1.94. The predicted octanol–water partition coefficient (Wildman–Crippen LogP) is 0.531. The molecule has 0 spiro atoms. The Kier molecular flexibility index (Phi) is 3.51. The van der Waals surface area contributed by atoms with Gasteiger partial charge < -0.3 is 10.5 Å². The minimum absolute atomic E-state index is 0.0481. The van der Waals surface area contributed by atoms with Crippen LogP contribution in [0.2, 0.25) is 0 Å². The molecule has 1 unspecified atom stereocenters. The van der Waals surface area contributed by atoms with Crippen LogP contribution >= 0.6 is 0 Å². The molecule has 0 radical (unpaired) electrons. The maximum atomic E-state index is 6.41. The monoisotopic (exact) mass is 238 g/mol. The van der Waals surface area contributed by atoms with Gasteiger partial charge in [-0.1, -0.05) is 0 Å². The zero-order valence-electron chi connectivity index (χ0n) is 10.9. The summed E-state index contributed by atoms with van der Waals surface area (Å²) in [6, 6.07) is 1.94. The van der Waals surface area contributed by atoms with Gasteiger partial charge in [0.15, 0.2) is 0 Å². The Morgan fingerprint density at radius 2 is 2.06 bits per heavy atom. The zero-order chi connectivity index (χ0) is 12.5. The van der Waals surface area contributed by atoms with E-state index in [1.807, 2.05) is 17.8 Å². The lowest BCUT2D eigenvalue weighted by atomic mass is 9.90. The first-order valence-corrected chi connectivity index (χ1v) is 6.10. The molecule has 1 aliphatic heterocycles. The Balaban J connectivity index is 2.16. The van der Waals surface area contributed by atoms with Gasteiger partial charge in [0.25, 0.3) is 0 Å². The molecule has 0 aliphatic carbocycles. The van der Waals surface area contributed by atoms with Gasteiger partial charge in [0.05, 0.1) is 24.9 Å². The van der Waals surface area contributed by atoms with Gasteiger partial charge in [-0.3, -0.25) is 9.58 Å². The SMILES string of the molecule is Cn1nccc1C(N)C(C)(C)N1CCOCC1. The average Bonchev–Trinajstić information content (AvgIpc) is 2.75. The molecule has 96 valence electrons. The summed E-state index contributed by atoms with van der Waals surface area (Å²) >= 11 is 0. The van der Waals surface area contributed by atoms with Gasteiger partial charge in [0.2, 0.25) is 0 Å². The van der Waals surface area contributed by atoms with Crippen LogP contribution in [-0.4, -0.2) is 46.5 Å². The molecule has 0 amide bonds. The van der Waals surface area contributed by atoms with Gasteiger partial charge in [0, 0.05) is 31.9 Å². The summed E-state index contributed by atoms with van der Waals surface area (Å²) in [6.45, 7) is 7.85. The molecule has 1 aromatic heterocycles. The number of nitrogens with two attached hydrogens (primary N) is 1. The highest BCUT2D eigenvalue weighted by molar-refractivity contribution is 5.12. The van der Waals surface area contributed by atoms with Crippen molar-refractivity contribution in [2.75, 3.05) is 26.3 Å². The molecule has 17 heavy (non-hydrogen) atoms. The van der Waals surface area contributed by atoms with Crippen molar-refractivity contribution in [2.45, 2.75) is 25.4 Å². The maximum Gasteiger partial charge on any atom is 0.0648 e. The Morgan fingerprint density at radius 3 is 2.59 bits per heavy atom. The van der Waals surface area contributed by atoms with Crippen molar-refractivity contribution in [1.82, 2.24) is 14.7 Å². The van der Waals surface area contributed by atoms with E-state index in [9.17, 15) is 0 Å². The van der Waals surface area contributed by atoms with E-state index in [1.54, 1.807) is 6.20 Å². The fourth-order valence-corrected chi connectivity index (χ4v) is 2.39. The van der Waals surface area contributed by atoms with Crippen molar-refractivity contribution in [2.24, 2.45) is 12.8 Å². The van der Waals surface area contributed by atoms with Crippen LogP contribution in [0.3, 0.4) is 0 Å². The van der Waals surface area contributed by atoms with Crippen LogP contribution in [0.1, 0.15) is 25.6 Å². The minimum atomic E-state index is -0.0857. The second kappa shape index (κ2) is 4.76. The number of morpholine rings is 1. The fourth-order valence-electron chi connectivity index (χ4n) is 2.39. The van der Waals surface area contributed by atoms with E-state index in [2.05, 4.69) is 23.8 Å². The number of rotatable bonds is 3. The van der Waals surface area contributed by atoms with Crippen molar-refractivity contribution < 1.29 is 4.74 Å². The number of nitrogens with zero attached hydrogens (tertiary/aromatic N) is 3. The topological polar surface area (TPSA) is 56.3 Å². The van der Waals surface area contributed by atoms with E-state index in [1.165, 1.54) is 0 Å². The van der Waals surface area contributed by atoms with E-state index < -0.39 is 0 Å². The first-order chi connectivity index (χ1) is 8.03. The molecule has 5 nitrogen and oxygen atoms in total. The second-order valence-electron chi connectivity index (χ2n) is 5.11. The van der Waals surface area contributed by atoms with Crippen molar-refractivity contribution in [1.29, 1.82) is 0 Å². The van der Waals surface area contributed by atoms with Gasteiger partial charge in [-0.25, -0.2) is 0 Å². The molecule has 2 rings (SSSR count). The first-order valence-electron chi connectivity index (χ1n) is 6.10. The van der Waals surface area contributed by atoms with Gasteiger partial charge >= 0.3 is 0 Å². The summed E-state index contributed by atoms with van der Waals surface area (Å²) in [5.74, 6) is 0. The number of ether oxygens (including phenoxy) is 1. The molecule has 2 heterocycles. The van der Waals surface area contributed by atoms with Gasteiger partial charge in [-0.2, -0.15) is 5.10 Å². The molecular weight excluding hydrogens is 216 g/mol. The van der Waals surface area contributed by atoms with Crippen LogP contribution < -0.4 is 5.73 Å². The fraction of sp³-hybridized carbons (Fsp3) is 0.750. The zero-order valence-corrected chi connectivity index (χ0v) is 10.9. The first kappa shape index (κ1) is 12.5. The van der Waals surface area contributed by atoms with E-state index in [0.29, 0.717) is 0 Å². The van der Waals surface area contributed by atoms with E-state index in [-0.39, 0.29) is 11.6 Å². The van der Waals surface area contributed by atoms with Crippen LogP contribution in [-0.2, 0) is 11.8 Å². The van der Waals surface area contributed by atoms with Crippen molar-refractivity contribution >= 4 is 0 Å². The summed E-state index contributed by atoms with van der Waals surface area (Å²) in [5, 5.41) is 4.19. The summed E-state index contributed by atoms with van der Waals surface area (Å²) in [6.07, 6.45) is 1.80. The summed E-state index contributed by atoms with van der Waals surface area (Å²) in [5.41, 5.74) is 7.39. The molecule has 0 bridgehead atoms. The van der Waals surface area contributed by atoms with Crippen LogP contribution in [0, 0.1) is 0 Å². The molecule has 1 atom stereocenters. The highest BCUT2D eigenvalue weighted by atomic mass is 16.5. The molecule has 1 aromatic rings. The number of hydrogen-bond acceptors (Lipinski definition) is 4. The lowest BCUT2D eigenvalue weighted by molar-refractivity contribution is -0.0198. The molecule has 0 aromatic carbocycles. The highest BCUT2D eigenvalue weighted by Gasteiger charge is 2.36. The lowest BCUT2D eigenvalue weighted by Gasteiger charge is -2.44. The molecular formula is C12H22N4O. The quantitative estimate of drug-likeness (QED) is 0.834.